The number of nitrogens with one attached hydrogen (secondary N) is 2. The van der Waals surface area contributed by atoms with E-state index in [9.17, 15) is 15.0 Å². The minimum Gasteiger partial charge on any atom is -0.508 e. The second-order valence-electron chi connectivity index (χ2n) is 3.62. The molecule has 1 aromatic carbocycles. The molecule has 0 unspecified atom stereocenters. The van der Waals surface area contributed by atoms with Crippen LogP contribution < -0.4 is 5.32 Å². The van der Waals surface area contributed by atoms with E-state index >= 15 is 0 Å². The van der Waals surface area contributed by atoms with E-state index in [2.05, 4.69) is 15.5 Å². The number of rotatable bonds is 2. The number of anilines is 1. The first-order valence-electron chi connectivity index (χ1n) is 4.90. The number of aromatic nitrogens is 2. The highest BCUT2D eigenvalue weighted by Crippen LogP contribution is 2.21. The molecular weight excluding hydrogens is 222 g/mol. The first-order valence-corrected chi connectivity index (χ1v) is 4.90. The Kier molecular flexibility index (Phi) is 2.70. The summed E-state index contributed by atoms with van der Waals surface area (Å²) in [5.41, 5.74) is 0.958. The fourth-order valence-electron chi connectivity index (χ4n) is 1.38. The maximum absolute atomic E-state index is 11.8. The topological polar surface area (TPSA) is 98.2 Å². The molecule has 6 nitrogen and oxygen atoms in total. The molecular formula is C11H11N3O3. The van der Waals surface area contributed by atoms with E-state index in [1.165, 1.54) is 12.1 Å². The van der Waals surface area contributed by atoms with Gasteiger partial charge in [-0.1, -0.05) is 0 Å². The average Bonchev–Trinajstić information content (AvgIpc) is 2.63. The lowest BCUT2D eigenvalue weighted by atomic mass is 10.2. The number of amides is 1. The van der Waals surface area contributed by atoms with Gasteiger partial charge in [0.15, 0.2) is 0 Å². The van der Waals surface area contributed by atoms with Crippen LogP contribution in [0, 0.1) is 6.92 Å². The third kappa shape index (κ3) is 2.36. The Hall–Kier alpha value is -2.50. The van der Waals surface area contributed by atoms with E-state index in [-0.39, 0.29) is 17.1 Å². The van der Waals surface area contributed by atoms with Crippen LogP contribution in [0.3, 0.4) is 0 Å². The molecule has 88 valence electrons. The molecule has 2 rings (SSSR count). The molecule has 17 heavy (non-hydrogen) atoms. The van der Waals surface area contributed by atoms with Crippen LogP contribution in [-0.4, -0.2) is 26.3 Å². The van der Waals surface area contributed by atoms with Crippen LogP contribution in [0.5, 0.6) is 11.5 Å². The zero-order valence-corrected chi connectivity index (χ0v) is 9.06. The first kappa shape index (κ1) is 11.0. The Morgan fingerprint density at radius 2 is 1.94 bits per heavy atom. The van der Waals surface area contributed by atoms with Gasteiger partial charge < -0.3 is 15.5 Å². The van der Waals surface area contributed by atoms with Crippen molar-refractivity contribution in [1.82, 2.24) is 10.2 Å². The lowest BCUT2D eigenvalue weighted by Gasteiger charge is -2.05. The molecule has 0 radical (unpaired) electrons. The van der Waals surface area contributed by atoms with E-state index < -0.39 is 5.91 Å². The van der Waals surface area contributed by atoms with E-state index in [4.69, 9.17) is 0 Å². The number of hydrogen-bond donors (Lipinski definition) is 4. The largest absolute Gasteiger partial charge is 0.508 e. The Morgan fingerprint density at radius 1 is 1.29 bits per heavy atom. The number of aromatic amines is 1. The fraction of sp³-hybridized carbons (Fsp3) is 0.0909. The Morgan fingerprint density at radius 3 is 2.47 bits per heavy atom. The van der Waals surface area contributed by atoms with Crippen LogP contribution in [0.2, 0.25) is 0 Å². The van der Waals surface area contributed by atoms with E-state index in [0.29, 0.717) is 5.82 Å². The van der Waals surface area contributed by atoms with Crippen LogP contribution in [0.25, 0.3) is 0 Å². The fourth-order valence-corrected chi connectivity index (χ4v) is 1.38. The number of carbonyl (C=O) groups excluding carboxylic acids is 1. The molecule has 0 bridgehead atoms. The maximum atomic E-state index is 11.8. The predicted molar refractivity (Wildman–Crippen MR) is 61.0 cm³/mol. The van der Waals surface area contributed by atoms with Crippen molar-refractivity contribution in [3.05, 3.63) is 35.5 Å². The lowest BCUT2D eigenvalue weighted by molar-refractivity contribution is 0.102. The molecule has 1 aromatic heterocycles. The number of H-pyrrole nitrogens is 1. The molecule has 0 aliphatic heterocycles. The molecule has 1 amide bonds. The molecule has 0 aliphatic carbocycles. The maximum Gasteiger partial charge on any atom is 0.257 e. The molecule has 6 heteroatoms. The molecule has 0 atom stereocenters. The van der Waals surface area contributed by atoms with Gasteiger partial charge in [0.05, 0.1) is 6.20 Å². The average molecular weight is 233 g/mol. The quantitative estimate of drug-likeness (QED) is 0.629. The smallest absolute Gasteiger partial charge is 0.257 e. The van der Waals surface area contributed by atoms with Crippen molar-refractivity contribution in [3.8, 4) is 11.5 Å². The van der Waals surface area contributed by atoms with Crippen LogP contribution in [0.15, 0.2) is 24.4 Å². The lowest BCUT2D eigenvalue weighted by Crippen LogP contribution is -2.12. The first-order chi connectivity index (χ1) is 8.06. The summed E-state index contributed by atoms with van der Waals surface area (Å²) >= 11 is 0. The van der Waals surface area contributed by atoms with Crippen molar-refractivity contribution >= 4 is 11.7 Å². The Labute approximate surface area is 96.9 Å². The Balaban J connectivity index is 2.23. The van der Waals surface area contributed by atoms with Crippen molar-refractivity contribution in [1.29, 1.82) is 0 Å². The normalized spacial score (nSPS) is 10.2. The number of hydrogen-bond acceptors (Lipinski definition) is 4. The number of phenolic OH excluding ortho intramolecular Hbond substituents is 2. The summed E-state index contributed by atoms with van der Waals surface area (Å²) in [6.07, 6.45) is 1.58. The van der Waals surface area contributed by atoms with Crippen molar-refractivity contribution < 1.29 is 15.0 Å². The van der Waals surface area contributed by atoms with Gasteiger partial charge in [-0.2, -0.15) is 5.10 Å². The zero-order valence-electron chi connectivity index (χ0n) is 9.06. The van der Waals surface area contributed by atoms with Crippen molar-refractivity contribution in [2.75, 3.05) is 5.32 Å². The van der Waals surface area contributed by atoms with Gasteiger partial charge in [-0.3, -0.25) is 9.89 Å². The number of aryl methyl sites for hydroxylation is 1. The van der Waals surface area contributed by atoms with Crippen LogP contribution in [0.4, 0.5) is 5.82 Å². The van der Waals surface area contributed by atoms with Gasteiger partial charge in [0.1, 0.15) is 17.3 Å². The highest BCUT2D eigenvalue weighted by molar-refractivity contribution is 6.04. The summed E-state index contributed by atoms with van der Waals surface area (Å²) in [7, 11) is 0. The summed E-state index contributed by atoms with van der Waals surface area (Å²) in [5.74, 6) is -0.297. The third-order valence-corrected chi connectivity index (χ3v) is 2.23. The highest BCUT2D eigenvalue weighted by atomic mass is 16.3. The Bertz CT molecular complexity index is 543. The van der Waals surface area contributed by atoms with Gasteiger partial charge in [0.25, 0.3) is 5.91 Å². The second kappa shape index (κ2) is 4.17. The van der Waals surface area contributed by atoms with Crippen molar-refractivity contribution in [2.45, 2.75) is 6.92 Å². The van der Waals surface area contributed by atoms with E-state index in [1.807, 2.05) is 0 Å². The number of benzene rings is 1. The molecule has 0 saturated heterocycles. The van der Waals surface area contributed by atoms with Gasteiger partial charge in [0.2, 0.25) is 0 Å². The molecule has 4 N–H and O–H groups in total. The minimum atomic E-state index is -0.441. The molecule has 1 heterocycles. The van der Waals surface area contributed by atoms with Gasteiger partial charge in [0, 0.05) is 17.2 Å². The van der Waals surface area contributed by atoms with Crippen LogP contribution in [-0.2, 0) is 0 Å². The summed E-state index contributed by atoms with van der Waals surface area (Å²) < 4.78 is 0. The third-order valence-electron chi connectivity index (χ3n) is 2.23. The van der Waals surface area contributed by atoms with Crippen LogP contribution >= 0.6 is 0 Å². The second-order valence-corrected chi connectivity index (χ2v) is 3.62. The zero-order chi connectivity index (χ0) is 12.4. The van der Waals surface area contributed by atoms with E-state index in [1.54, 1.807) is 13.1 Å². The minimum absolute atomic E-state index is 0.163. The van der Waals surface area contributed by atoms with Gasteiger partial charge in [-0.25, -0.2) is 0 Å². The SMILES string of the molecule is Cc1cn[nH]c1NC(=O)c1cc(O)cc(O)c1. The summed E-state index contributed by atoms with van der Waals surface area (Å²) in [6.45, 7) is 1.79. The summed E-state index contributed by atoms with van der Waals surface area (Å²) in [6, 6.07) is 3.68. The van der Waals surface area contributed by atoms with E-state index in [0.717, 1.165) is 11.6 Å². The highest BCUT2D eigenvalue weighted by Gasteiger charge is 2.10. The molecule has 0 fully saturated rings. The number of carbonyl (C=O) groups is 1. The van der Waals surface area contributed by atoms with Crippen molar-refractivity contribution in [2.24, 2.45) is 0 Å². The summed E-state index contributed by atoms with van der Waals surface area (Å²) in [4.78, 5) is 11.8. The van der Waals surface area contributed by atoms with Crippen LogP contribution in [0.1, 0.15) is 15.9 Å². The van der Waals surface area contributed by atoms with Crippen molar-refractivity contribution in [3.63, 3.8) is 0 Å². The summed E-state index contributed by atoms with van der Waals surface area (Å²) in [5, 5.41) is 27.5. The predicted octanol–water partition coefficient (Wildman–Crippen LogP) is 1.38. The molecule has 0 saturated carbocycles. The number of nitrogens with zero attached hydrogens (tertiary/aromatic N) is 1. The monoisotopic (exact) mass is 233 g/mol. The molecule has 0 aliphatic rings. The van der Waals surface area contributed by atoms with Gasteiger partial charge in [-0.05, 0) is 19.1 Å². The number of phenols is 2. The van der Waals surface area contributed by atoms with Gasteiger partial charge >= 0.3 is 0 Å². The standard InChI is InChI=1S/C11H11N3O3/c1-6-5-12-14-10(6)13-11(17)7-2-8(15)4-9(16)3-7/h2-5,15-16H,1H3,(H2,12,13,14,17). The van der Waals surface area contributed by atoms with Gasteiger partial charge in [-0.15, -0.1) is 0 Å². The molecule has 2 aromatic rings. The number of aromatic hydroxyl groups is 2. The molecule has 0 spiro atoms.